The summed E-state index contributed by atoms with van der Waals surface area (Å²) >= 11 is 0. The molecule has 2 rings (SSSR count). The lowest BCUT2D eigenvalue weighted by Crippen LogP contribution is -1.97. The summed E-state index contributed by atoms with van der Waals surface area (Å²) in [5, 5.41) is 10.8. The van der Waals surface area contributed by atoms with Gasteiger partial charge in [-0.1, -0.05) is 6.07 Å². The Morgan fingerprint density at radius 2 is 2.00 bits per heavy atom. The number of ether oxygens (including phenoxy) is 1. The number of aldehydes is 1. The molecule has 0 unspecified atom stereocenters. The molecule has 0 fully saturated rings. The van der Waals surface area contributed by atoms with E-state index in [1.54, 1.807) is 13.0 Å². The van der Waals surface area contributed by atoms with Crippen molar-refractivity contribution in [3.8, 4) is 11.8 Å². The van der Waals surface area contributed by atoms with Crippen LogP contribution in [0.4, 0.5) is 5.69 Å². The molecule has 0 aliphatic heterocycles. The van der Waals surface area contributed by atoms with Crippen LogP contribution in [0.25, 0.3) is 0 Å². The van der Waals surface area contributed by atoms with E-state index in [1.807, 2.05) is 0 Å². The Balaban J connectivity index is 2.30. The van der Waals surface area contributed by atoms with Crippen molar-refractivity contribution in [1.29, 1.82) is 0 Å². The van der Waals surface area contributed by atoms with Gasteiger partial charge in [0.2, 0.25) is 0 Å². The maximum absolute atomic E-state index is 10.8. The van der Waals surface area contributed by atoms with Gasteiger partial charge in [0.25, 0.3) is 5.69 Å². The second kappa shape index (κ2) is 5.21. The average molecular weight is 259 g/mol. The molecule has 2 aromatic rings. The number of rotatable bonds is 4. The first-order valence-corrected chi connectivity index (χ1v) is 5.31. The smallest absolute Gasteiger partial charge is 0.321 e. The van der Waals surface area contributed by atoms with E-state index in [1.165, 1.54) is 24.5 Å². The molecule has 0 saturated carbocycles. The molecule has 19 heavy (non-hydrogen) atoms. The monoisotopic (exact) mass is 259 g/mol. The minimum Gasteiger partial charge on any atom is -0.424 e. The molecule has 0 amide bonds. The van der Waals surface area contributed by atoms with Gasteiger partial charge in [0, 0.05) is 18.5 Å². The maximum atomic E-state index is 10.8. The van der Waals surface area contributed by atoms with Crippen molar-refractivity contribution in [2.45, 2.75) is 6.92 Å². The Morgan fingerprint density at radius 3 is 2.58 bits per heavy atom. The number of hydrogen-bond donors (Lipinski definition) is 0. The van der Waals surface area contributed by atoms with E-state index >= 15 is 0 Å². The van der Waals surface area contributed by atoms with E-state index in [2.05, 4.69) is 9.97 Å². The number of nitrogens with zero attached hydrogens (tertiary/aromatic N) is 3. The molecule has 7 heteroatoms. The van der Waals surface area contributed by atoms with Gasteiger partial charge in [-0.15, -0.1) is 0 Å². The van der Waals surface area contributed by atoms with Crippen LogP contribution >= 0.6 is 0 Å². The van der Waals surface area contributed by atoms with E-state index in [4.69, 9.17) is 4.74 Å². The van der Waals surface area contributed by atoms with Gasteiger partial charge in [-0.25, -0.2) is 9.97 Å². The summed E-state index contributed by atoms with van der Waals surface area (Å²) < 4.78 is 5.36. The number of nitro benzene ring substituents is 1. The van der Waals surface area contributed by atoms with Crippen molar-refractivity contribution in [1.82, 2.24) is 9.97 Å². The van der Waals surface area contributed by atoms with Crippen LogP contribution in [0.5, 0.6) is 11.8 Å². The predicted octanol–water partition coefficient (Wildman–Crippen LogP) is 2.30. The number of carbonyl (C=O) groups excluding carboxylic acids is 1. The summed E-state index contributed by atoms with van der Waals surface area (Å²) in [5.74, 6) is 0.299. The first-order valence-electron chi connectivity index (χ1n) is 5.31. The number of aromatic nitrogens is 2. The molecule has 1 aromatic heterocycles. The molecule has 0 saturated heterocycles. The summed E-state index contributed by atoms with van der Waals surface area (Å²) in [6, 6.07) is 4.51. The summed E-state index contributed by atoms with van der Waals surface area (Å²) in [7, 11) is 0. The fourth-order valence-electron chi connectivity index (χ4n) is 1.45. The fraction of sp³-hybridized carbons (Fsp3) is 0.0833. The molecule has 0 spiro atoms. The molecule has 0 N–H and O–H groups in total. The van der Waals surface area contributed by atoms with E-state index in [-0.39, 0.29) is 11.7 Å². The number of benzene rings is 1. The number of carbonyl (C=O) groups is 1. The zero-order valence-corrected chi connectivity index (χ0v) is 9.94. The molecule has 1 aromatic carbocycles. The highest BCUT2D eigenvalue weighted by Crippen LogP contribution is 2.29. The van der Waals surface area contributed by atoms with Crippen LogP contribution in [0, 0.1) is 17.0 Å². The lowest BCUT2D eigenvalue weighted by atomic mass is 10.2. The zero-order chi connectivity index (χ0) is 13.8. The Hall–Kier alpha value is -2.83. The first kappa shape index (κ1) is 12.6. The zero-order valence-electron chi connectivity index (χ0n) is 9.94. The molecule has 1 heterocycles. The largest absolute Gasteiger partial charge is 0.424 e. The van der Waals surface area contributed by atoms with Crippen molar-refractivity contribution in [3.05, 3.63) is 51.8 Å². The Bertz CT molecular complexity index is 625. The molecular formula is C12H9N3O4. The molecule has 0 atom stereocenters. The highest BCUT2D eigenvalue weighted by molar-refractivity contribution is 5.73. The van der Waals surface area contributed by atoms with Gasteiger partial charge in [-0.2, -0.15) is 0 Å². The number of nitro groups is 1. The Labute approximate surface area is 108 Å². The van der Waals surface area contributed by atoms with Crippen molar-refractivity contribution >= 4 is 12.0 Å². The van der Waals surface area contributed by atoms with Crippen LogP contribution < -0.4 is 4.74 Å². The summed E-state index contributed by atoms with van der Waals surface area (Å²) in [6.45, 7) is 1.58. The van der Waals surface area contributed by atoms with Crippen LogP contribution in [0.2, 0.25) is 0 Å². The SMILES string of the molecule is Cc1c(Oc2ncc(C=O)cn2)cccc1[N+](=O)[O-]. The van der Waals surface area contributed by atoms with E-state index < -0.39 is 4.92 Å². The van der Waals surface area contributed by atoms with Crippen LogP contribution in [0.15, 0.2) is 30.6 Å². The third kappa shape index (κ3) is 2.71. The second-order valence-electron chi connectivity index (χ2n) is 3.68. The topological polar surface area (TPSA) is 95.2 Å². The molecule has 0 aliphatic rings. The highest BCUT2D eigenvalue weighted by atomic mass is 16.6. The van der Waals surface area contributed by atoms with Crippen LogP contribution in [0.1, 0.15) is 15.9 Å². The third-order valence-electron chi connectivity index (χ3n) is 2.44. The molecule has 0 bridgehead atoms. The first-order chi connectivity index (χ1) is 9.11. The van der Waals surface area contributed by atoms with Gasteiger partial charge in [0.05, 0.1) is 16.1 Å². The lowest BCUT2D eigenvalue weighted by molar-refractivity contribution is -0.385. The standard InChI is InChI=1S/C12H9N3O4/c1-8-10(15(17)18)3-2-4-11(8)19-12-13-5-9(7-16)6-14-12/h2-7H,1H3. The molecule has 7 nitrogen and oxygen atoms in total. The Morgan fingerprint density at radius 1 is 1.32 bits per heavy atom. The van der Waals surface area contributed by atoms with Gasteiger partial charge >= 0.3 is 6.01 Å². The Kier molecular flexibility index (Phi) is 3.46. The minimum atomic E-state index is -0.488. The molecule has 96 valence electrons. The van der Waals surface area contributed by atoms with Gasteiger partial charge in [-0.05, 0) is 13.0 Å². The predicted molar refractivity (Wildman–Crippen MR) is 65.3 cm³/mol. The highest BCUT2D eigenvalue weighted by Gasteiger charge is 2.15. The summed E-state index contributed by atoms with van der Waals surface area (Å²) in [5.41, 5.74) is 0.667. The minimum absolute atomic E-state index is 0.0224. The lowest BCUT2D eigenvalue weighted by Gasteiger charge is -2.06. The van der Waals surface area contributed by atoms with E-state index in [9.17, 15) is 14.9 Å². The van der Waals surface area contributed by atoms with Crippen molar-refractivity contribution < 1.29 is 14.5 Å². The van der Waals surface area contributed by atoms with Crippen LogP contribution in [-0.2, 0) is 0 Å². The normalized spacial score (nSPS) is 9.95. The van der Waals surface area contributed by atoms with Crippen LogP contribution in [-0.4, -0.2) is 21.2 Å². The van der Waals surface area contributed by atoms with Crippen molar-refractivity contribution in [3.63, 3.8) is 0 Å². The second-order valence-corrected chi connectivity index (χ2v) is 3.68. The fourth-order valence-corrected chi connectivity index (χ4v) is 1.45. The van der Waals surface area contributed by atoms with Crippen molar-refractivity contribution in [2.75, 3.05) is 0 Å². The van der Waals surface area contributed by atoms with Gasteiger partial charge in [0.1, 0.15) is 5.75 Å². The summed E-state index contributed by atoms with van der Waals surface area (Å²) in [6.07, 6.45) is 3.23. The summed E-state index contributed by atoms with van der Waals surface area (Å²) in [4.78, 5) is 28.4. The van der Waals surface area contributed by atoms with Gasteiger partial charge in [0.15, 0.2) is 6.29 Å². The average Bonchev–Trinajstić information content (AvgIpc) is 2.41. The maximum Gasteiger partial charge on any atom is 0.321 e. The molecule has 0 aliphatic carbocycles. The molecular weight excluding hydrogens is 250 g/mol. The third-order valence-corrected chi connectivity index (χ3v) is 2.44. The van der Waals surface area contributed by atoms with E-state index in [0.29, 0.717) is 23.2 Å². The van der Waals surface area contributed by atoms with E-state index in [0.717, 1.165) is 0 Å². The molecule has 0 radical (unpaired) electrons. The van der Waals surface area contributed by atoms with Crippen molar-refractivity contribution in [2.24, 2.45) is 0 Å². The number of hydrogen-bond acceptors (Lipinski definition) is 6. The van der Waals surface area contributed by atoms with Gasteiger partial charge in [-0.3, -0.25) is 14.9 Å². The van der Waals surface area contributed by atoms with Gasteiger partial charge < -0.3 is 4.74 Å². The van der Waals surface area contributed by atoms with Crippen LogP contribution in [0.3, 0.4) is 0 Å². The quantitative estimate of drug-likeness (QED) is 0.475.